The lowest BCUT2D eigenvalue weighted by Gasteiger charge is -2.07. The summed E-state index contributed by atoms with van der Waals surface area (Å²) in [7, 11) is 3.67. The monoisotopic (exact) mass is 263 g/mol. The van der Waals surface area contributed by atoms with Gasteiger partial charge >= 0.3 is 0 Å². The number of hydrogen-bond acceptors (Lipinski definition) is 5. The number of carbonyl (C=O) groups excluding carboxylic acids is 1. The van der Waals surface area contributed by atoms with Crippen LogP contribution in [0.2, 0.25) is 0 Å². The summed E-state index contributed by atoms with van der Waals surface area (Å²) in [5.41, 5.74) is 1.64. The highest BCUT2D eigenvalue weighted by Crippen LogP contribution is 2.40. The van der Waals surface area contributed by atoms with Gasteiger partial charge in [-0.15, -0.1) is 0 Å². The Morgan fingerprint density at radius 3 is 2.77 bits per heavy atom. The summed E-state index contributed by atoms with van der Waals surface area (Å²) in [4.78, 5) is 10.5. The van der Waals surface area contributed by atoms with Gasteiger partial charge in [0.25, 0.3) is 0 Å². The number of aldehydes is 1. The molecule has 1 aliphatic rings. The number of allylic oxidation sites excluding steroid dienone is 2. The molecule has 0 radical (unpaired) electrons. The lowest BCUT2D eigenvalue weighted by molar-refractivity contribution is -0.104. The molecule has 1 rings (SSSR count). The van der Waals surface area contributed by atoms with Crippen molar-refractivity contribution in [3.05, 3.63) is 23.7 Å². The van der Waals surface area contributed by atoms with E-state index >= 15 is 0 Å². The Bertz CT molecular complexity index is 264. The van der Waals surface area contributed by atoms with Crippen LogP contribution in [0.25, 0.3) is 0 Å². The van der Waals surface area contributed by atoms with E-state index in [4.69, 9.17) is 0 Å². The molecule has 0 saturated heterocycles. The van der Waals surface area contributed by atoms with Crippen LogP contribution in [0.15, 0.2) is 23.7 Å². The largest absolute Gasteiger partial charge is 0.394 e. The van der Waals surface area contributed by atoms with Crippen molar-refractivity contribution >= 4 is 34.6 Å². The van der Waals surface area contributed by atoms with Gasteiger partial charge in [0.2, 0.25) is 0 Å². The van der Waals surface area contributed by atoms with Crippen molar-refractivity contribution in [2.75, 3.05) is 14.1 Å². The smallest absolute Gasteiger partial charge is 0.169 e. The van der Waals surface area contributed by atoms with Crippen molar-refractivity contribution in [3.8, 4) is 0 Å². The molecule has 0 fully saturated rings. The molecule has 72 valence electrons. The molecule has 1 heterocycles. The molecule has 0 aliphatic carbocycles. The van der Waals surface area contributed by atoms with Gasteiger partial charge in [-0.1, -0.05) is 0 Å². The van der Waals surface area contributed by atoms with E-state index in [2.05, 4.69) is 21.5 Å². The van der Waals surface area contributed by atoms with Gasteiger partial charge in [0.15, 0.2) is 6.29 Å². The van der Waals surface area contributed by atoms with Crippen LogP contribution < -0.4 is 5.32 Å². The van der Waals surface area contributed by atoms with Crippen molar-refractivity contribution in [3.63, 3.8) is 0 Å². The Hall–Kier alpha value is -0.460. The van der Waals surface area contributed by atoms with Crippen LogP contribution in [-0.2, 0) is 4.79 Å². The highest BCUT2D eigenvalue weighted by Gasteiger charge is 2.32. The van der Waals surface area contributed by atoms with Crippen LogP contribution in [0.4, 0.5) is 0 Å². The first-order valence-corrected chi connectivity index (χ1v) is 5.05. The van der Waals surface area contributed by atoms with Gasteiger partial charge < -0.3 is 5.32 Å². The summed E-state index contributed by atoms with van der Waals surface area (Å²) in [6.07, 6.45) is 4.49. The number of rotatable bonds is 5. The third-order valence-electron chi connectivity index (χ3n) is 1.36. The van der Waals surface area contributed by atoms with Crippen molar-refractivity contribution in [2.24, 2.45) is 0 Å². The van der Waals surface area contributed by atoms with Gasteiger partial charge in [-0.2, -0.15) is 3.33 Å². The average molecular weight is 264 g/mol. The van der Waals surface area contributed by atoms with E-state index < -0.39 is 0 Å². The summed E-state index contributed by atoms with van der Waals surface area (Å²) in [5.74, 6) is 0. The third kappa shape index (κ3) is 2.75. The molecule has 0 atom stereocenters. The predicted molar refractivity (Wildman–Crippen MR) is 57.4 cm³/mol. The molecular formula is C7H10BrN3OS. The average Bonchev–Trinajstić information content (AvgIpc) is 2.73. The summed E-state index contributed by atoms with van der Waals surface area (Å²) in [6.45, 7) is 0. The number of nitrogens with one attached hydrogen (secondary N) is 1. The van der Waals surface area contributed by atoms with Crippen molar-refractivity contribution in [1.29, 1.82) is 0 Å². The van der Waals surface area contributed by atoms with Crippen LogP contribution in [0.5, 0.6) is 0 Å². The van der Waals surface area contributed by atoms with Gasteiger partial charge in [0.05, 0.1) is 17.8 Å². The summed E-state index contributed by atoms with van der Waals surface area (Å²) in [5, 5.41) is 2.87. The highest BCUT2D eigenvalue weighted by molar-refractivity contribution is 9.08. The van der Waals surface area contributed by atoms with E-state index in [1.165, 1.54) is 12.1 Å². The van der Waals surface area contributed by atoms with Crippen LogP contribution in [0, 0.1) is 0 Å². The van der Waals surface area contributed by atoms with Gasteiger partial charge in [-0.05, 0) is 12.3 Å². The topological polar surface area (TPSA) is 35.4 Å². The second-order valence-corrected chi connectivity index (χ2v) is 4.92. The lowest BCUT2D eigenvalue weighted by Crippen LogP contribution is -1.99. The number of halogens is 1. The molecule has 13 heavy (non-hydrogen) atoms. The highest BCUT2D eigenvalue weighted by atomic mass is 79.9. The van der Waals surface area contributed by atoms with Crippen molar-refractivity contribution < 1.29 is 4.79 Å². The lowest BCUT2D eigenvalue weighted by atomic mass is 10.5. The molecule has 0 aromatic heterocycles. The first kappa shape index (κ1) is 10.6. The van der Waals surface area contributed by atoms with Gasteiger partial charge in [0.1, 0.15) is 5.70 Å². The zero-order chi connectivity index (χ0) is 9.84. The Morgan fingerprint density at radius 2 is 2.31 bits per heavy atom. The van der Waals surface area contributed by atoms with E-state index in [1.807, 2.05) is 24.5 Å². The van der Waals surface area contributed by atoms with Crippen molar-refractivity contribution in [1.82, 2.24) is 13.0 Å². The van der Waals surface area contributed by atoms with Gasteiger partial charge in [-0.25, -0.2) is 0 Å². The molecule has 1 aliphatic heterocycles. The number of carbonyl (C=O) groups is 1. The molecule has 1 N–H and O–H groups in total. The van der Waals surface area contributed by atoms with Crippen LogP contribution in [-0.4, -0.2) is 28.0 Å². The molecule has 0 bridgehead atoms. The zero-order valence-electron chi connectivity index (χ0n) is 7.32. The first-order valence-electron chi connectivity index (χ1n) is 3.61. The molecular weight excluding hydrogens is 254 g/mol. The van der Waals surface area contributed by atoms with Crippen molar-refractivity contribution in [2.45, 2.75) is 0 Å². The molecule has 0 aromatic carbocycles. The van der Waals surface area contributed by atoms with E-state index in [9.17, 15) is 4.79 Å². The molecule has 4 nitrogen and oxygen atoms in total. The van der Waals surface area contributed by atoms with E-state index in [1.54, 1.807) is 9.53 Å². The fourth-order valence-corrected chi connectivity index (χ4v) is 1.84. The standard InChI is InChI=1S/C7H10BrN3OS/c1-9-4-3-6-7(5-12)11(6)13-10(2)8/h3-5,9H,1-2H3/b4-3-. The minimum Gasteiger partial charge on any atom is -0.394 e. The minimum absolute atomic E-state index is 0.711. The second kappa shape index (κ2) is 4.69. The third-order valence-corrected chi connectivity index (χ3v) is 2.53. The number of hydrogen-bond donors (Lipinski definition) is 1. The molecule has 0 amide bonds. The van der Waals surface area contributed by atoms with Gasteiger partial charge in [0, 0.05) is 30.2 Å². The minimum atomic E-state index is 0.711. The molecule has 0 aromatic rings. The molecule has 0 saturated carbocycles. The van der Waals surface area contributed by atoms with Crippen LogP contribution in [0.1, 0.15) is 0 Å². The Balaban J connectivity index is 2.48. The second-order valence-electron chi connectivity index (χ2n) is 2.31. The molecule has 0 spiro atoms. The van der Waals surface area contributed by atoms with Crippen LogP contribution in [0.3, 0.4) is 0 Å². The predicted octanol–water partition coefficient (Wildman–Crippen LogP) is 1.25. The summed E-state index contributed by atoms with van der Waals surface area (Å²) >= 11 is 4.65. The van der Waals surface area contributed by atoms with E-state index in [0.717, 1.165) is 12.0 Å². The number of nitrogens with zero attached hydrogens (tertiary/aromatic N) is 2. The Morgan fingerprint density at radius 1 is 1.62 bits per heavy atom. The maximum atomic E-state index is 10.5. The Labute approximate surface area is 90.2 Å². The summed E-state index contributed by atoms with van der Waals surface area (Å²) in [6, 6.07) is 0. The maximum absolute atomic E-state index is 10.5. The van der Waals surface area contributed by atoms with Crippen LogP contribution >= 0.6 is 28.3 Å². The maximum Gasteiger partial charge on any atom is 0.169 e. The quantitative estimate of drug-likeness (QED) is 0.459. The molecule has 6 heteroatoms. The molecule has 0 unspecified atom stereocenters. The summed E-state index contributed by atoms with van der Waals surface area (Å²) < 4.78 is 3.58. The SMILES string of the molecule is CN/C=C\C1=C(C=O)N1SN(C)Br. The zero-order valence-corrected chi connectivity index (χ0v) is 9.72. The fraction of sp³-hybridized carbons (Fsp3) is 0.286. The van der Waals surface area contributed by atoms with Gasteiger partial charge in [-0.3, -0.25) is 9.10 Å². The van der Waals surface area contributed by atoms with E-state index in [0.29, 0.717) is 5.70 Å². The Kier molecular flexibility index (Phi) is 3.83. The van der Waals surface area contributed by atoms with E-state index in [-0.39, 0.29) is 0 Å². The fourth-order valence-electron chi connectivity index (χ4n) is 0.799. The normalized spacial score (nSPS) is 15.8. The first-order chi connectivity index (χ1) is 6.20.